The molecule has 0 aliphatic rings. The van der Waals surface area contributed by atoms with Crippen molar-refractivity contribution in [3.63, 3.8) is 0 Å². The van der Waals surface area contributed by atoms with Crippen molar-refractivity contribution in [3.05, 3.63) is 53.6 Å². The van der Waals surface area contributed by atoms with E-state index >= 15 is 0 Å². The van der Waals surface area contributed by atoms with Crippen LogP contribution < -0.4 is 15.8 Å². The monoisotopic (exact) mass is 342 g/mol. The van der Waals surface area contributed by atoms with E-state index in [1.807, 2.05) is 31.2 Å². The first kappa shape index (κ1) is 18.4. The largest absolute Gasteiger partial charge is 0.494 e. The van der Waals surface area contributed by atoms with E-state index in [0.717, 1.165) is 17.0 Å². The molecule has 2 amide bonds. The number of primary amides is 1. The van der Waals surface area contributed by atoms with Gasteiger partial charge < -0.3 is 15.8 Å². The average molecular weight is 342 g/mol. The van der Waals surface area contributed by atoms with Gasteiger partial charge in [0, 0.05) is 12.7 Å². The number of hydrogen-bond donors (Lipinski definition) is 2. The Kier molecular flexibility index (Phi) is 6.45. The Morgan fingerprint density at radius 2 is 1.92 bits per heavy atom. The number of aryl methyl sites for hydroxylation is 1. The summed E-state index contributed by atoms with van der Waals surface area (Å²) >= 11 is 0. The van der Waals surface area contributed by atoms with Crippen molar-refractivity contribution in [2.45, 2.75) is 20.3 Å². The Hall–Kier alpha value is -2.96. The number of benzene rings is 1. The lowest BCUT2D eigenvalue weighted by molar-refractivity contribution is -0.121. The van der Waals surface area contributed by atoms with Crippen LogP contribution in [-0.4, -0.2) is 34.9 Å². The molecule has 0 aliphatic carbocycles. The molecule has 1 aromatic carbocycles. The van der Waals surface area contributed by atoms with E-state index in [4.69, 9.17) is 10.5 Å². The zero-order valence-electron chi connectivity index (χ0n) is 14.4. The maximum atomic E-state index is 12.1. The molecule has 7 nitrogen and oxygen atoms in total. The van der Waals surface area contributed by atoms with E-state index in [1.165, 1.54) is 12.4 Å². The van der Waals surface area contributed by atoms with E-state index in [-0.39, 0.29) is 18.1 Å². The van der Waals surface area contributed by atoms with Gasteiger partial charge in [-0.05, 0) is 38.0 Å². The van der Waals surface area contributed by atoms with Crippen molar-refractivity contribution in [1.82, 2.24) is 15.3 Å². The Morgan fingerprint density at radius 1 is 1.20 bits per heavy atom. The van der Waals surface area contributed by atoms with Crippen LogP contribution in [0.4, 0.5) is 0 Å². The number of amides is 2. The fourth-order valence-electron chi connectivity index (χ4n) is 2.26. The van der Waals surface area contributed by atoms with E-state index < -0.39 is 11.8 Å². The highest BCUT2D eigenvalue weighted by Crippen LogP contribution is 2.15. The fourth-order valence-corrected chi connectivity index (χ4v) is 2.26. The Morgan fingerprint density at radius 3 is 2.48 bits per heavy atom. The van der Waals surface area contributed by atoms with Crippen molar-refractivity contribution in [1.29, 1.82) is 0 Å². The summed E-state index contributed by atoms with van der Waals surface area (Å²) in [4.78, 5) is 31.8. The Bertz CT molecular complexity index is 714. The normalized spacial score (nSPS) is 11.6. The predicted octanol–water partition coefficient (Wildman–Crippen LogP) is 1.26. The quantitative estimate of drug-likeness (QED) is 0.751. The number of carbonyl (C=O) groups is 2. The molecule has 0 saturated heterocycles. The standard InChI is InChI=1S/C18H22N4O3/c1-3-25-15-6-4-13(5-7-15)8-14(17(19)23)10-22-18(24)16-11-20-12(2)9-21-16/h4-7,9,11,14H,3,8,10H2,1-2H3,(H2,19,23)(H,22,24). The van der Waals surface area contributed by atoms with Gasteiger partial charge in [0.25, 0.3) is 5.91 Å². The molecule has 0 aliphatic heterocycles. The molecule has 1 unspecified atom stereocenters. The van der Waals surface area contributed by atoms with Crippen LogP contribution in [0.3, 0.4) is 0 Å². The second kappa shape index (κ2) is 8.77. The molecule has 2 aromatic rings. The molecular weight excluding hydrogens is 320 g/mol. The third-order valence-electron chi connectivity index (χ3n) is 3.64. The van der Waals surface area contributed by atoms with Crippen LogP contribution in [-0.2, 0) is 11.2 Å². The van der Waals surface area contributed by atoms with Crippen LogP contribution in [0.25, 0.3) is 0 Å². The molecule has 1 heterocycles. The first-order valence-electron chi connectivity index (χ1n) is 8.07. The third kappa shape index (κ3) is 5.56. The van der Waals surface area contributed by atoms with Gasteiger partial charge >= 0.3 is 0 Å². The minimum absolute atomic E-state index is 0.136. The number of aromatic nitrogens is 2. The lowest BCUT2D eigenvalue weighted by atomic mass is 9.98. The van der Waals surface area contributed by atoms with Crippen molar-refractivity contribution in [3.8, 4) is 5.75 Å². The van der Waals surface area contributed by atoms with Gasteiger partial charge in [-0.15, -0.1) is 0 Å². The molecule has 1 atom stereocenters. The van der Waals surface area contributed by atoms with Gasteiger partial charge in [0.05, 0.1) is 24.4 Å². The van der Waals surface area contributed by atoms with Crippen LogP contribution in [0, 0.1) is 12.8 Å². The van der Waals surface area contributed by atoms with E-state index in [9.17, 15) is 9.59 Å². The number of carbonyl (C=O) groups excluding carboxylic acids is 2. The first-order valence-corrected chi connectivity index (χ1v) is 8.07. The van der Waals surface area contributed by atoms with Gasteiger partial charge in [0.2, 0.25) is 5.91 Å². The summed E-state index contributed by atoms with van der Waals surface area (Å²) in [6.45, 7) is 4.43. The number of nitrogens with zero attached hydrogens (tertiary/aromatic N) is 2. The zero-order valence-corrected chi connectivity index (χ0v) is 14.4. The Labute approximate surface area is 146 Å². The SMILES string of the molecule is CCOc1ccc(CC(CNC(=O)c2cnc(C)cn2)C(N)=O)cc1. The average Bonchev–Trinajstić information content (AvgIpc) is 2.60. The molecule has 0 bridgehead atoms. The summed E-state index contributed by atoms with van der Waals surface area (Å²) in [5, 5.41) is 2.68. The van der Waals surface area contributed by atoms with Crippen molar-refractivity contribution in [2.24, 2.45) is 11.7 Å². The summed E-state index contributed by atoms with van der Waals surface area (Å²) in [6, 6.07) is 7.46. The summed E-state index contributed by atoms with van der Waals surface area (Å²) in [7, 11) is 0. The third-order valence-corrected chi connectivity index (χ3v) is 3.64. The highest BCUT2D eigenvalue weighted by Gasteiger charge is 2.18. The fraction of sp³-hybridized carbons (Fsp3) is 0.333. The van der Waals surface area contributed by atoms with Crippen LogP contribution >= 0.6 is 0 Å². The molecule has 25 heavy (non-hydrogen) atoms. The molecule has 0 radical (unpaired) electrons. The molecule has 0 spiro atoms. The number of nitrogens with one attached hydrogen (secondary N) is 1. The van der Waals surface area contributed by atoms with E-state index in [2.05, 4.69) is 15.3 Å². The van der Waals surface area contributed by atoms with Gasteiger partial charge in [-0.3, -0.25) is 14.6 Å². The van der Waals surface area contributed by atoms with Gasteiger partial charge in [-0.2, -0.15) is 0 Å². The number of nitrogens with two attached hydrogens (primary N) is 1. The maximum Gasteiger partial charge on any atom is 0.271 e. The second-order valence-corrected chi connectivity index (χ2v) is 5.63. The van der Waals surface area contributed by atoms with Crippen molar-refractivity contribution < 1.29 is 14.3 Å². The van der Waals surface area contributed by atoms with Crippen LogP contribution in [0.1, 0.15) is 28.7 Å². The minimum atomic E-state index is -0.514. The molecular formula is C18H22N4O3. The summed E-state index contributed by atoms with van der Waals surface area (Å²) < 4.78 is 5.39. The predicted molar refractivity (Wildman–Crippen MR) is 93.1 cm³/mol. The number of rotatable bonds is 8. The maximum absolute atomic E-state index is 12.1. The van der Waals surface area contributed by atoms with Crippen molar-refractivity contribution in [2.75, 3.05) is 13.2 Å². The lowest BCUT2D eigenvalue weighted by Crippen LogP contribution is -2.37. The van der Waals surface area contributed by atoms with Gasteiger partial charge in [0.15, 0.2) is 0 Å². The summed E-state index contributed by atoms with van der Waals surface area (Å²) in [6.07, 6.45) is 3.35. The van der Waals surface area contributed by atoms with Crippen LogP contribution in [0.2, 0.25) is 0 Å². The molecule has 0 fully saturated rings. The lowest BCUT2D eigenvalue weighted by Gasteiger charge is -2.14. The molecule has 3 N–H and O–H groups in total. The molecule has 7 heteroatoms. The molecule has 0 saturated carbocycles. The van der Waals surface area contributed by atoms with Crippen LogP contribution in [0.15, 0.2) is 36.7 Å². The second-order valence-electron chi connectivity index (χ2n) is 5.63. The highest BCUT2D eigenvalue weighted by atomic mass is 16.5. The van der Waals surface area contributed by atoms with Crippen molar-refractivity contribution >= 4 is 11.8 Å². The van der Waals surface area contributed by atoms with Gasteiger partial charge in [0.1, 0.15) is 11.4 Å². The zero-order chi connectivity index (χ0) is 18.2. The molecule has 1 aromatic heterocycles. The first-order chi connectivity index (χ1) is 12.0. The topological polar surface area (TPSA) is 107 Å². The minimum Gasteiger partial charge on any atom is -0.494 e. The summed E-state index contributed by atoms with van der Waals surface area (Å²) in [5.41, 5.74) is 7.33. The van der Waals surface area contributed by atoms with Gasteiger partial charge in [-0.1, -0.05) is 12.1 Å². The smallest absolute Gasteiger partial charge is 0.271 e. The molecule has 132 valence electrons. The number of ether oxygens (including phenoxy) is 1. The molecule has 2 rings (SSSR count). The Balaban J connectivity index is 1.95. The highest BCUT2D eigenvalue weighted by molar-refractivity contribution is 5.92. The van der Waals surface area contributed by atoms with Crippen LogP contribution in [0.5, 0.6) is 5.75 Å². The van der Waals surface area contributed by atoms with Gasteiger partial charge in [-0.25, -0.2) is 4.98 Å². The van der Waals surface area contributed by atoms with E-state index in [0.29, 0.717) is 13.0 Å². The number of hydrogen-bond acceptors (Lipinski definition) is 5. The van der Waals surface area contributed by atoms with E-state index in [1.54, 1.807) is 6.92 Å². The summed E-state index contributed by atoms with van der Waals surface area (Å²) in [5.74, 6) is -0.594.